The first kappa shape index (κ1) is 21.6. The summed E-state index contributed by atoms with van der Waals surface area (Å²) in [5.41, 5.74) is 3.24. The maximum absolute atomic E-state index is 12.4. The molecule has 0 unspecified atom stereocenters. The largest absolute Gasteiger partial charge is 0.324 e. The number of hydroxylamine groups is 1. The third-order valence-corrected chi connectivity index (χ3v) is 4.60. The molecule has 0 atom stereocenters. The zero-order chi connectivity index (χ0) is 20.4. The van der Waals surface area contributed by atoms with Crippen LogP contribution in [-0.2, 0) is 16.1 Å². The average molecular weight is 388 g/mol. The van der Waals surface area contributed by atoms with Crippen molar-refractivity contribution in [3.63, 3.8) is 0 Å². The molecule has 3 N–H and O–H groups in total. The lowest BCUT2D eigenvalue weighted by atomic mass is 10.1. The summed E-state index contributed by atoms with van der Waals surface area (Å²) in [5.74, 6) is -0.982. The standard InChI is InChI=1S/C20H28N4O4/c1-16(25)21-20(27)24(14-13-23-11-3-2-4-12-23)15-18-7-5-17(6-8-18)9-10-19(26)22-28/h5-10,28H,2-4,11-15H2,1H3,(H,22,26)(H,21,25,27). The molecule has 8 nitrogen and oxygen atoms in total. The maximum Gasteiger partial charge on any atom is 0.324 e. The third-order valence-electron chi connectivity index (χ3n) is 4.60. The summed E-state index contributed by atoms with van der Waals surface area (Å²) in [6.45, 7) is 5.12. The van der Waals surface area contributed by atoms with Gasteiger partial charge < -0.3 is 9.80 Å². The van der Waals surface area contributed by atoms with Crippen LogP contribution in [-0.4, -0.2) is 59.0 Å². The molecule has 0 radical (unpaired) electrons. The summed E-state index contributed by atoms with van der Waals surface area (Å²) in [4.78, 5) is 38.7. The van der Waals surface area contributed by atoms with E-state index in [9.17, 15) is 14.4 Å². The molecule has 0 bridgehead atoms. The van der Waals surface area contributed by atoms with Gasteiger partial charge in [0.1, 0.15) is 0 Å². The van der Waals surface area contributed by atoms with E-state index in [-0.39, 0.29) is 5.91 Å². The Labute approximate surface area is 165 Å². The van der Waals surface area contributed by atoms with E-state index in [0.717, 1.165) is 30.8 Å². The van der Waals surface area contributed by atoms with E-state index < -0.39 is 11.9 Å². The molecule has 1 fully saturated rings. The number of nitrogens with zero attached hydrogens (tertiary/aromatic N) is 2. The van der Waals surface area contributed by atoms with Crippen molar-refractivity contribution in [1.82, 2.24) is 20.6 Å². The number of likely N-dealkylation sites (tertiary alicyclic amines) is 1. The summed E-state index contributed by atoms with van der Waals surface area (Å²) >= 11 is 0. The smallest absolute Gasteiger partial charge is 0.319 e. The molecule has 8 heteroatoms. The van der Waals surface area contributed by atoms with Gasteiger partial charge in [-0.1, -0.05) is 30.7 Å². The fraction of sp³-hybridized carbons (Fsp3) is 0.450. The van der Waals surface area contributed by atoms with E-state index >= 15 is 0 Å². The zero-order valence-corrected chi connectivity index (χ0v) is 16.2. The molecule has 1 aliphatic heterocycles. The first-order chi connectivity index (χ1) is 13.5. The molecular formula is C20H28N4O4. The number of hydrogen-bond donors (Lipinski definition) is 3. The fourth-order valence-electron chi connectivity index (χ4n) is 3.09. The predicted molar refractivity (Wildman–Crippen MR) is 105 cm³/mol. The highest BCUT2D eigenvalue weighted by Crippen LogP contribution is 2.11. The van der Waals surface area contributed by atoms with Crippen LogP contribution in [0.15, 0.2) is 30.3 Å². The van der Waals surface area contributed by atoms with Gasteiger partial charge >= 0.3 is 6.03 Å². The van der Waals surface area contributed by atoms with Crippen molar-refractivity contribution in [1.29, 1.82) is 0 Å². The van der Waals surface area contributed by atoms with Gasteiger partial charge in [0.05, 0.1) is 0 Å². The molecule has 0 aromatic heterocycles. The molecule has 0 spiro atoms. The van der Waals surface area contributed by atoms with Crippen LogP contribution in [0.2, 0.25) is 0 Å². The minimum atomic E-state index is -0.603. The van der Waals surface area contributed by atoms with Crippen LogP contribution in [0.25, 0.3) is 6.08 Å². The number of imide groups is 1. The maximum atomic E-state index is 12.4. The summed E-state index contributed by atoms with van der Waals surface area (Å²) in [6, 6.07) is 6.98. The number of carbonyl (C=O) groups is 3. The Kier molecular flexibility index (Phi) is 8.64. The number of carbonyl (C=O) groups excluding carboxylic acids is 3. The number of hydrogen-bond acceptors (Lipinski definition) is 5. The van der Waals surface area contributed by atoms with Gasteiger partial charge in [-0.25, -0.2) is 10.3 Å². The van der Waals surface area contributed by atoms with E-state index in [0.29, 0.717) is 13.1 Å². The Morgan fingerprint density at radius 3 is 2.43 bits per heavy atom. The van der Waals surface area contributed by atoms with E-state index in [1.54, 1.807) is 11.0 Å². The molecule has 1 aromatic carbocycles. The number of urea groups is 1. The van der Waals surface area contributed by atoms with Crippen LogP contribution in [0.1, 0.15) is 37.3 Å². The normalized spacial score (nSPS) is 14.6. The van der Waals surface area contributed by atoms with Gasteiger partial charge in [-0.15, -0.1) is 0 Å². The van der Waals surface area contributed by atoms with Gasteiger partial charge in [0.2, 0.25) is 5.91 Å². The first-order valence-corrected chi connectivity index (χ1v) is 9.48. The van der Waals surface area contributed by atoms with E-state index in [4.69, 9.17) is 5.21 Å². The van der Waals surface area contributed by atoms with Crippen molar-refractivity contribution in [2.75, 3.05) is 26.2 Å². The lowest BCUT2D eigenvalue weighted by Gasteiger charge is -2.30. The van der Waals surface area contributed by atoms with Crippen molar-refractivity contribution in [3.05, 3.63) is 41.5 Å². The number of nitrogens with one attached hydrogen (secondary N) is 2. The molecule has 1 aliphatic rings. The van der Waals surface area contributed by atoms with Crippen molar-refractivity contribution < 1.29 is 19.6 Å². The van der Waals surface area contributed by atoms with Crippen LogP contribution >= 0.6 is 0 Å². The van der Waals surface area contributed by atoms with Gasteiger partial charge in [0, 0.05) is 32.6 Å². The van der Waals surface area contributed by atoms with Crippen LogP contribution < -0.4 is 10.8 Å². The molecule has 2 rings (SSSR count). The third kappa shape index (κ3) is 7.50. The highest BCUT2D eigenvalue weighted by molar-refractivity contribution is 5.93. The lowest BCUT2D eigenvalue weighted by molar-refractivity contribution is -0.124. The molecular weight excluding hydrogens is 360 g/mol. The van der Waals surface area contributed by atoms with Gasteiger partial charge in [0.25, 0.3) is 5.91 Å². The van der Waals surface area contributed by atoms with Crippen molar-refractivity contribution in [2.24, 2.45) is 0 Å². The SMILES string of the molecule is CC(=O)NC(=O)N(CCN1CCCCC1)Cc1ccc(C=CC(=O)NO)cc1. The molecule has 0 saturated carbocycles. The highest BCUT2D eigenvalue weighted by atomic mass is 16.5. The Bertz CT molecular complexity index is 697. The van der Waals surface area contributed by atoms with E-state index in [1.165, 1.54) is 37.7 Å². The number of benzene rings is 1. The van der Waals surface area contributed by atoms with E-state index in [2.05, 4.69) is 10.2 Å². The molecule has 0 aliphatic carbocycles. The lowest BCUT2D eigenvalue weighted by Crippen LogP contribution is -2.45. The molecule has 4 amide bonds. The predicted octanol–water partition coefficient (Wildman–Crippen LogP) is 1.75. The van der Waals surface area contributed by atoms with Gasteiger partial charge in [0.15, 0.2) is 0 Å². The Morgan fingerprint density at radius 1 is 1.14 bits per heavy atom. The van der Waals surface area contributed by atoms with E-state index in [1.807, 2.05) is 24.3 Å². The summed E-state index contributed by atoms with van der Waals surface area (Å²) in [5, 5.41) is 10.8. The summed E-state index contributed by atoms with van der Waals surface area (Å²) in [6.07, 6.45) is 6.42. The van der Waals surface area contributed by atoms with Crippen LogP contribution in [0, 0.1) is 0 Å². The van der Waals surface area contributed by atoms with Gasteiger partial charge in [-0.05, 0) is 43.1 Å². The first-order valence-electron chi connectivity index (χ1n) is 9.48. The number of rotatable bonds is 7. The second-order valence-corrected chi connectivity index (χ2v) is 6.86. The average Bonchev–Trinajstić information content (AvgIpc) is 2.70. The van der Waals surface area contributed by atoms with Crippen LogP contribution in [0.3, 0.4) is 0 Å². The molecule has 28 heavy (non-hydrogen) atoms. The molecule has 1 heterocycles. The minimum absolute atomic E-state index is 0.379. The second kappa shape index (κ2) is 11.2. The zero-order valence-electron chi connectivity index (χ0n) is 16.2. The fourth-order valence-corrected chi connectivity index (χ4v) is 3.09. The Morgan fingerprint density at radius 2 is 1.82 bits per heavy atom. The minimum Gasteiger partial charge on any atom is -0.319 e. The van der Waals surface area contributed by atoms with Crippen molar-refractivity contribution in [2.45, 2.75) is 32.7 Å². The van der Waals surface area contributed by atoms with Gasteiger partial charge in [-0.3, -0.25) is 20.1 Å². The highest BCUT2D eigenvalue weighted by Gasteiger charge is 2.17. The topological polar surface area (TPSA) is 102 Å². The summed E-state index contributed by atoms with van der Waals surface area (Å²) < 4.78 is 0. The molecule has 152 valence electrons. The number of amides is 4. The Balaban J connectivity index is 1.99. The van der Waals surface area contributed by atoms with Gasteiger partial charge in [-0.2, -0.15) is 0 Å². The van der Waals surface area contributed by atoms with Crippen LogP contribution in [0.4, 0.5) is 4.79 Å². The Hall–Kier alpha value is -2.71. The molecule has 1 saturated heterocycles. The summed E-state index contributed by atoms with van der Waals surface area (Å²) in [7, 11) is 0. The van der Waals surface area contributed by atoms with Crippen LogP contribution in [0.5, 0.6) is 0 Å². The monoisotopic (exact) mass is 388 g/mol. The second-order valence-electron chi connectivity index (χ2n) is 6.86. The quantitative estimate of drug-likeness (QED) is 0.375. The van der Waals surface area contributed by atoms with Crippen molar-refractivity contribution >= 4 is 23.9 Å². The number of piperidine rings is 1. The molecule has 1 aromatic rings. The van der Waals surface area contributed by atoms with Crippen molar-refractivity contribution in [3.8, 4) is 0 Å².